The van der Waals surface area contributed by atoms with E-state index in [0.29, 0.717) is 5.92 Å². The first-order chi connectivity index (χ1) is 9.81. The third-order valence-corrected chi connectivity index (χ3v) is 4.88. The van der Waals surface area contributed by atoms with Crippen LogP contribution in [0.4, 0.5) is 0 Å². The highest BCUT2D eigenvalue weighted by Crippen LogP contribution is 2.24. The summed E-state index contributed by atoms with van der Waals surface area (Å²) in [4.78, 5) is 5.54. The Labute approximate surface area is 129 Å². The van der Waals surface area contributed by atoms with Crippen LogP contribution in [-0.4, -0.2) is 17.6 Å². The molecular formula is C16H19ClN2S. The smallest absolute Gasteiger partial charge is 0.0794 e. The highest BCUT2D eigenvalue weighted by atomic mass is 35.5. The molecule has 0 saturated heterocycles. The standard InChI is InChI=1S/C16H19ClN2S/c17-16-4-2-1-3-13(16)7-12(9-19-14-5-6-14)8-15-10-18-11-20-15/h1-4,10-12,14,19H,5-9H2. The average Bonchev–Trinajstić information content (AvgIpc) is 3.15. The van der Waals surface area contributed by atoms with Crippen LogP contribution in [0.5, 0.6) is 0 Å². The summed E-state index contributed by atoms with van der Waals surface area (Å²) in [6, 6.07) is 8.94. The summed E-state index contributed by atoms with van der Waals surface area (Å²) in [5.41, 5.74) is 3.16. The first-order valence-corrected chi connectivity index (χ1v) is 8.41. The van der Waals surface area contributed by atoms with Gasteiger partial charge in [0, 0.05) is 22.1 Å². The second kappa shape index (κ2) is 6.70. The average molecular weight is 307 g/mol. The van der Waals surface area contributed by atoms with Crippen molar-refractivity contribution in [3.05, 3.63) is 51.4 Å². The fourth-order valence-electron chi connectivity index (χ4n) is 2.44. The first kappa shape index (κ1) is 14.1. The van der Waals surface area contributed by atoms with Crippen molar-refractivity contribution in [1.29, 1.82) is 0 Å². The molecule has 0 bridgehead atoms. The molecule has 0 radical (unpaired) electrons. The molecule has 106 valence electrons. The molecule has 1 N–H and O–H groups in total. The molecule has 0 aliphatic heterocycles. The summed E-state index contributed by atoms with van der Waals surface area (Å²) >= 11 is 8.04. The summed E-state index contributed by atoms with van der Waals surface area (Å²) in [5.74, 6) is 0.580. The lowest BCUT2D eigenvalue weighted by Gasteiger charge is -2.17. The number of hydrogen-bond donors (Lipinski definition) is 1. The van der Waals surface area contributed by atoms with E-state index in [9.17, 15) is 0 Å². The van der Waals surface area contributed by atoms with Gasteiger partial charge in [0.25, 0.3) is 0 Å². The van der Waals surface area contributed by atoms with Gasteiger partial charge in [-0.05, 0) is 49.8 Å². The highest BCUT2D eigenvalue weighted by Gasteiger charge is 2.22. The molecule has 1 aliphatic carbocycles. The normalized spacial score (nSPS) is 16.2. The van der Waals surface area contributed by atoms with Crippen molar-refractivity contribution < 1.29 is 0 Å². The zero-order valence-electron chi connectivity index (χ0n) is 11.4. The first-order valence-electron chi connectivity index (χ1n) is 7.15. The number of halogens is 1. The molecule has 2 nitrogen and oxygen atoms in total. The molecule has 1 heterocycles. The zero-order valence-corrected chi connectivity index (χ0v) is 13.0. The van der Waals surface area contributed by atoms with Crippen LogP contribution in [0.3, 0.4) is 0 Å². The number of hydrogen-bond acceptors (Lipinski definition) is 3. The van der Waals surface area contributed by atoms with E-state index >= 15 is 0 Å². The van der Waals surface area contributed by atoms with Gasteiger partial charge in [0.15, 0.2) is 0 Å². The minimum atomic E-state index is 0.580. The molecule has 20 heavy (non-hydrogen) atoms. The monoisotopic (exact) mass is 306 g/mol. The molecule has 2 aromatic rings. The number of rotatable bonds is 7. The van der Waals surface area contributed by atoms with Crippen LogP contribution in [-0.2, 0) is 12.8 Å². The Balaban J connectivity index is 1.65. The van der Waals surface area contributed by atoms with E-state index < -0.39 is 0 Å². The predicted octanol–water partition coefficient (Wildman–Crippen LogP) is 3.95. The maximum atomic E-state index is 6.30. The van der Waals surface area contributed by atoms with Crippen LogP contribution in [0.1, 0.15) is 23.3 Å². The molecule has 3 rings (SSSR count). The molecule has 0 spiro atoms. The van der Waals surface area contributed by atoms with Crippen molar-refractivity contribution in [3.63, 3.8) is 0 Å². The van der Waals surface area contributed by atoms with Crippen molar-refractivity contribution in [1.82, 2.24) is 10.3 Å². The summed E-state index contributed by atoms with van der Waals surface area (Å²) in [5, 5.41) is 4.53. The van der Waals surface area contributed by atoms with Gasteiger partial charge in [-0.2, -0.15) is 0 Å². The fraction of sp³-hybridized carbons (Fsp3) is 0.438. The van der Waals surface area contributed by atoms with E-state index in [-0.39, 0.29) is 0 Å². The zero-order chi connectivity index (χ0) is 13.8. The Morgan fingerprint density at radius 3 is 2.85 bits per heavy atom. The van der Waals surface area contributed by atoms with Crippen LogP contribution >= 0.6 is 22.9 Å². The summed E-state index contributed by atoms with van der Waals surface area (Å²) in [7, 11) is 0. The molecule has 1 aliphatic rings. The van der Waals surface area contributed by atoms with Gasteiger partial charge < -0.3 is 5.32 Å². The van der Waals surface area contributed by atoms with Crippen molar-refractivity contribution in [2.45, 2.75) is 31.7 Å². The SMILES string of the molecule is Clc1ccccc1CC(CNC1CC1)Cc1cncs1. The Morgan fingerprint density at radius 1 is 1.30 bits per heavy atom. The van der Waals surface area contributed by atoms with Crippen molar-refractivity contribution in [2.75, 3.05) is 6.54 Å². The van der Waals surface area contributed by atoms with E-state index in [0.717, 1.165) is 30.5 Å². The van der Waals surface area contributed by atoms with Crippen LogP contribution in [0, 0.1) is 5.92 Å². The molecule has 1 saturated carbocycles. The number of nitrogens with zero attached hydrogens (tertiary/aromatic N) is 1. The van der Waals surface area contributed by atoms with Crippen molar-refractivity contribution >= 4 is 22.9 Å². The quantitative estimate of drug-likeness (QED) is 0.838. The summed E-state index contributed by atoms with van der Waals surface area (Å²) in [6.45, 7) is 1.06. The van der Waals surface area contributed by atoms with Gasteiger partial charge in [-0.25, -0.2) is 0 Å². The molecule has 1 atom stereocenters. The van der Waals surface area contributed by atoms with Crippen LogP contribution < -0.4 is 5.32 Å². The molecule has 4 heteroatoms. The minimum Gasteiger partial charge on any atom is -0.314 e. The van der Waals surface area contributed by atoms with Crippen LogP contribution in [0.15, 0.2) is 36.0 Å². The van der Waals surface area contributed by atoms with Gasteiger partial charge in [-0.3, -0.25) is 4.98 Å². The molecular weight excluding hydrogens is 288 g/mol. The molecule has 1 aromatic carbocycles. The number of aromatic nitrogens is 1. The molecule has 1 aromatic heterocycles. The lowest BCUT2D eigenvalue weighted by atomic mass is 9.95. The van der Waals surface area contributed by atoms with Gasteiger partial charge in [0.2, 0.25) is 0 Å². The van der Waals surface area contributed by atoms with Gasteiger partial charge >= 0.3 is 0 Å². The molecule has 1 fully saturated rings. The number of benzene rings is 1. The third-order valence-electron chi connectivity index (χ3n) is 3.71. The van der Waals surface area contributed by atoms with Crippen LogP contribution in [0.2, 0.25) is 5.02 Å². The van der Waals surface area contributed by atoms with E-state index in [1.807, 2.05) is 23.8 Å². The van der Waals surface area contributed by atoms with Gasteiger partial charge in [0.1, 0.15) is 0 Å². The van der Waals surface area contributed by atoms with Crippen LogP contribution in [0.25, 0.3) is 0 Å². The third kappa shape index (κ3) is 4.05. The van der Waals surface area contributed by atoms with Gasteiger partial charge in [-0.1, -0.05) is 29.8 Å². The Kier molecular flexibility index (Phi) is 4.71. The summed E-state index contributed by atoms with van der Waals surface area (Å²) in [6.07, 6.45) is 6.76. The maximum Gasteiger partial charge on any atom is 0.0794 e. The Hall–Kier alpha value is -0.900. The highest BCUT2D eigenvalue weighted by molar-refractivity contribution is 7.09. The van der Waals surface area contributed by atoms with Crippen molar-refractivity contribution in [3.8, 4) is 0 Å². The second-order valence-electron chi connectivity index (χ2n) is 5.52. The lowest BCUT2D eigenvalue weighted by molar-refractivity contribution is 0.471. The lowest BCUT2D eigenvalue weighted by Crippen LogP contribution is -2.27. The Morgan fingerprint density at radius 2 is 2.15 bits per heavy atom. The Bertz CT molecular complexity index is 537. The topological polar surface area (TPSA) is 24.9 Å². The van der Waals surface area contributed by atoms with E-state index in [1.54, 1.807) is 11.3 Å². The summed E-state index contributed by atoms with van der Waals surface area (Å²) < 4.78 is 0. The predicted molar refractivity (Wildman–Crippen MR) is 85.5 cm³/mol. The number of nitrogens with one attached hydrogen (secondary N) is 1. The van der Waals surface area contributed by atoms with E-state index in [1.165, 1.54) is 23.3 Å². The largest absolute Gasteiger partial charge is 0.314 e. The van der Waals surface area contributed by atoms with Crippen molar-refractivity contribution in [2.24, 2.45) is 5.92 Å². The van der Waals surface area contributed by atoms with Gasteiger partial charge in [0.05, 0.1) is 5.51 Å². The molecule has 0 amide bonds. The fourth-order valence-corrected chi connectivity index (χ4v) is 3.36. The van der Waals surface area contributed by atoms with Gasteiger partial charge in [-0.15, -0.1) is 11.3 Å². The molecule has 1 unspecified atom stereocenters. The van der Waals surface area contributed by atoms with E-state index in [2.05, 4.69) is 22.4 Å². The van der Waals surface area contributed by atoms with E-state index in [4.69, 9.17) is 11.6 Å². The minimum absolute atomic E-state index is 0.580. The second-order valence-corrected chi connectivity index (χ2v) is 6.89. The maximum absolute atomic E-state index is 6.30. The number of thiazole rings is 1.